The Labute approximate surface area is 326 Å². The quantitative estimate of drug-likeness (QED) is 0.318. The van der Waals surface area contributed by atoms with Gasteiger partial charge < -0.3 is 34.6 Å². The molecule has 0 unspecified atom stereocenters. The Balaban J connectivity index is 1.21. The van der Waals surface area contributed by atoms with Crippen molar-refractivity contribution >= 4 is 44.7 Å². The van der Waals surface area contributed by atoms with Crippen LogP contribution in [0.1, 0.15) is 77.2 Å². The molecule has 5 atom stereocenters. The summed E-state index contributed by atoms with van der Waals surface area (Å²) in [4.78, 5) is 63.4. The molecule has 304 valence electrons. The molecule has 3 N–H and O–H groups in total. The van der Waals surface area contributed by atoms with Crippen molar-refractivity contribution in [2.24, 2.45) is 5.92 Å². The van der Waals surface area contributed by atoms with Crippen LogP contribution in [-0.4, -0.2) is 115 Å². The van der Waals surface area contributed by atoms with Crippen LogP contribution in [0.3, 0.4) is 0 Å². The number of hydrogen-bond donors (Lipinski definition) is 3. The Morgan fingerprint density at radius 1 is 1.07 bits per heavy atom. The molecule has 4 fully saturated rings. The number of nitrogens with zero attached hydrogens (tertiary/aromatic N) is 3. The van der Waals surface area contributed by atoms with E-state index in [9.17, 15) is 32.0 Å². The molecule has 5 amide bonds. The number of ether oxygens (including phenoxy) is 3. The van der Waals surface area contributed by atoms with Crippen molar-refractivity contribution in [3.63, 3.8) is 0 Å². The van der Waals surface area contributed by atoms with Crippen molar-refractivity contribution in [2.45, 2.75) is 120 Å². The summed E-state index contributed by atoms with van der Waals surface area (Å²) in [6, 6.07) is 2.56. The van der Waals surface area contributed by atoms with Gasteiger partial charge in [-0.2, -0.15) is 0 Å². The summed E-state index contributed by atoms with van der Waals surface area (Å²) >= 11 is 0. The molecule has 2 aromatic rings. The molecule has 15 nitrogen and oxygen atoms in total. The van der Waals surface area contributed by atoms with Gasteiger partial charge in [-0.15, -0.1) is 0 Å². The summed E-state index contributed by atoms with van der Waals surface area (Å²) in [6.07, 6.45) is 5.92. The van der Waals surface area contributed by atoms with Crippen LogP contribution in [-0.2, 0) is 24.4 Å². The molecule has 7 rings (SSSR count). The molecule has 1 aromatic carbocycles. The number of fused-ring (bicyclic) bond motifs is 3. The average molecular weight is 799 g/mol. The zero-order chi connectivity index (χ0) is 39.9. The van der Waals surface area contributed by atoms with Gasteiger partial charge in [-0.05, 0) is 71.4 Å². The van der Waals surface area contributed by atoms with Crippen LogP contribution in [0.4, 0.5) is 9.18 Å². The van der Waals surface area contributed by atoms with Gasteiger partial charge in [-0.25, -0.2) is 22.6 Å². The van der Waals surface area contributed by atoms with E-state index in [2.05, 4.69) is 15.4 Å². The number of aryl methyl sites for hydroxylation is 1. The number of methoxy groups -OCH3 is 1. The minimum Gasteiger partial charge on any atom is -0.496 e. The lowest BCUT2D eigenvalue weighted by Gasteiger charge is -2.36. The van der Waals surface area contributed by atoms with Gasteiger partial charge in [0.2, 0.25) is 27.7 Å². The lowest BCUT2D eigenvalue weighted by atomic mass is 10.0. The minimum atomic E-state index is -3.91. The van der Waals surface area contributed by atoms with E-state index < -0.39 is 74.8 Å². The lowest BCUT2D eigenvalue weighted by molar-refractivity contribution is -0.141. The third kappa shape index (κ3) is 8.23. The zero-order valence-corrected chi connectivity index (χ0v) is 33.0. The number of halogens is 1. The summed E-state index contributed by atoms with van der Waals surface area (Å²) in [5.41, 5.74) is -0.179. The van der Waals surface area contributed by atoms with Gasteiger partial charge in [-0.3, -0.25) is 19.1 Å². The predicted molar refractivity (Wildman–Crippen MR) is 203 cm³/mol. The fourth-order valence-electron chi connectivity index (χ4n) is 7.84. The summed E-state index contributed by atoms with van der Waals surface area (Å²) in [5, 5.41) is 5.69. The monoisotopic (exact) mass is 798 g/mol. The lowest BCUT2D eigenvalue weighted by Crippen LogP contribution is -2.61. The van der Waals surface area contributed by atoms with E-state index in [0.717, 1.165) is 18.4 Å². The van der Waals surface area contributed by atoms with E-state index in [1.165, 1.54) is 9.80 Å². The van der Waals surface area contributed by atoms with Crippen LogP contribution in [0.5, 0.6) is 17.4 Å². The van der Waals surface area contributed by atoms with E-state index in [4.69, 9.17) is 19.2 Å². The van der Waals surface area contributed by atoms with Gasteiger partial charge in [0.25, 0.3) is 5.91 Å². The number of pyridine rings is 1. The highest BCUT2D eigenvalue weighted by Crippen LogP contribution is 2.46. The number of rotatable bonds is 9. The first kappa shape index (κ1) is 39.6. The van der Waals surface area contributed by atoms with Crippen molar-refractivity contribution in [3.8, 4) is 17.4 Å². The number of nitrogens with one attached hydrogen (secondary N) is 3. The van der Waals surface area contributed by atoms with Gasteiger partial charge in [0, 0.05) is 29.4 Å². The highest BCUT2D eigenvalue weighted by molar-refractivity contribution is 7.91. The maximum atomic E-state index is 14.6. The Morgan fingerprint density at radius 2 is 1.84 bits per heavy atom. The molecule has 56 heavy (non-hydrogen) atoms. The average Bonchev–Trinajstić information content (AvgIpc) is 4.06. The third-order valence-electron chi connectivity index (χ3n) is 11.3. The predicted octanol–water partition coefficient (Wildman–Crippen LogP) is 3.42. The van der Waals surface area contributed by atoms with Crippen molar-refractivity contribution < 1.29 is 46.2 Å². The topological polar surface area (TPSA) is 186 Å². The summed E-state index contributed by atoms with van der Waals surface area (Å²) in [7, 11) is -2.35. The molecule has 1 aromatic heterocycles. The molecule has 5 aliphatic rings. The second-order valence-electron chi connectivity index (χ2n) is 15.9. The van der Waals surface area contributed by atoms with Crippen molar-refractivity contribution in [3.05, 3.63) is 35.9 Å². The van der Waals surface area contributed by atoms with Crippen LogP contribution in [0.25, 0.3) is 10.9 Å². The number of carbonyl (C=O) groups excluding carboxylic acids is 4. The van der Waals surface area contributed by atoms with Crippen molar-refractivity contribution in [1.82, 2.24) is 30.1 Å². The van der Waals surface area contributed by atoms with Gasteiger partial charge >= 0.3 is 6.03 Å². The number of aromatic nitrogens is 1. The fourth-order valence-corrected chi connectivity index (χ4v) is 9.20. The number of hydrogen-bond acceptors (Lipinski definition) is 10. The highest BCUT2D eigenvalue weighted by Gasteiger charge is 2.62. The third-order valence-corrected chi connectivity index (χ3v) is 13.1. The molecule has 17 heteroatoms. The van der Waals surface area contributed by atoms with Crippen LogP contribution < -0.4 is 29.6 Å². The summed E-state index contributed by atoms with van der Waals surface area (Å²) in [6.45, 7) is 5.44. The molecule has 0 spiro atoms. The smallest absolute Gasteiger partial charge is 0.318 e. The molecule has 0 bridgehead atoms. The Kier molecular flexibility index (Phi) is 11.1. The first-order valence-electron chi connectivity index (χ1n) is 19.6. The Bertz CT molecular complexity index is 2020. The first-order valence-corrected chi connectivity index (χ1v) is 21.1. The van der Waals surface area contributed by atoms with Crippen LogP contribution in [0.2, 0.25) is 0 Å². The zero-order valence-electron chi connectivity index (χ0n) is 32.2. The standard InChI is InChI=1S/C39H51FN6O9S/c1-22(2)54-33-17-32(28-14-15-31(53-4)23(3)34(28)42-33)55-26-16-30-35(47)43-39(37(49)44-56(51,52)27-12-13-27)18-24(39)10-8-6-5-7-9-11-29(36(48)46(30)21-26)41-38(50)45-19-25(40)20-45/h8,10,14-15,17,22,24-27,29-30H,5-7,9,11-13,16,18-21H2,1-4H3,(H,41,50)(H,43,47)(H,44,49)/t24-,26-,29+,30+,39-/m1/s1. The number of amides is 5. The fraction of sp³-hybridized carbons (Fsp3) is 0.615. The van der Waals surface area contributed by atoms with Gasteiger partial charge in [0.15, 0.2) is 0 Å². The number of urea groups is 1. The molecule has 2 aliphatic carbocycles. The number of sulfonamides is 1. The van der Waals surface area contributed by atoms with E-state index in [1.807, 2.05) is 39.0 Å². The summed E-state index contributed by atoms with van der Waals surface area (Å²) < 4.78 is 59.8. The minimum absolute atomic E-state index is 0.0196. The molecule has 0 radical (unpaired) electrons. The van der Waals surface area contributed by atoms with E-state index in [1.54, 1.807) is 19.2 Å². The van der Waals surface area contributed by atoms with Gasteiger partial charge in [0.1, 0.15) is 41.4 Å². The Hall–Kier alpha value is -4.67. The second-order valence-corrected chi connectivity index (χ2v) is 17.9. The van der Waals surface area contributed by atoms with Crippen LogP contribution in [0, 0.1) is 12.8 Å². The second kappa shape index (κ2) is 15.7. The molecule has 3 aliphatic heterocycles. The van der Waals surface area contributed by atoms with E-state index >= 15 is 0 Å². The summed E-state index contributed by atoms with van der Waals surface area (Å²) in [5.74, 6) is -1.07. The maximum absolute atomic E-state index is 14.6. The highest BCUT2D eigenvalue weighted by atomic mass is 32.2. The molecule has 4 heterocycles. The van der Waals surface area contributed by atoms with Crippen molar-refractivity contribution in [2.75, 3.05) is 26.7 Å². The largest absolute Gasteiger partial charge is 0.496 e. The molecular weight excluding hydrogens is 748 g/mol. The Morgan fingerprint density at radius 3 is 2.54 bits per heavy atom. The molecular formula is C39H51FN6O9S. The van der Waals surface area contributed by atoms with E-state index in [-0.39, 0.29) is 45.0 Å². The van der Waals surface area contributed by atoms with Crippen LogP contribution >= 0.6 is 0 Å². The van der Waals surface area contributed by atoms with Gasteiger partial charge in [-0.1, -0.05) is 25.0 Å². The number of carbonyl (C=O) groups is 4. The molecule has 2 saturated heterocycles. The number of benzene rings is 1. The SMILES string of the molecule is COc1ccc2c(O[C@@H]3C[C@H]4C(=O)N[C@]5(C(=O)NS(=O)(=O)C6CC6)C[C@H]5C=CCCCCC[C@H](NC(=O)N5CC(F)C5)C(=O)N4C3)cc(OC(C)C)nc2c1C. The van der Waals surface area contributed by atoms with E-state index in [0.29, 0.717) is 54.0 Å². The molecule has 2 saturated carbocycles. The van der Waals surface area contributed by atoms with Crippen LogP contribution in [0.15, 0.2) is 30.4 Å². The van der Waals surface area contributed by atoms with Gasteiger partial charge in [0.05, 0.1) is 43.6 Å². The number of allylic oxidation sites excluding steroid dienone is 1. The number of likely N-dealkylation sites (tertiary alicyclic amines) is 1. The first-order chi connectivity index (χ1) is 26.7. The number of alkyl halides is 1. The normalized spacial score (nSPS) is 27.3. The van der Waals surface area contributed by atoms with Crippen molar-refractivity contribution in [1.29, 1.82) is 0 Å². The maximum Gasteiger partial charge on any atom is 0.318 e.